The second kappa shape index (κ2) is 5.05. The molecule has 3 rings (SSSR count). The lowest BCUT2D eigenvalue weighted by atomic mass is 10.2. The van der Waals surface area contributed by atoms with E-state index >= 15 is 0 Å². The Morgan fingerprint density at radius 2 is 2.05 bits per heavy atom. The lowest BCUT2D eigenvalue weighted by Gasteiger charge is -2.01. The van der Waals surface area contributed by atoms with Gasteiger partial charge in [-0.05, 0) is 25.1 Å². The number of anilines is 1. The van der Waals surface area contributed by atoms with Crippen LogP contribution in [0.3, 0.4) is 0 Å². The van der Waals surface area contributed by atoms with Crippen molar-refractivity contribution in [1.29, 1.82) is 0 Å². The van der Waals surface area contributed by atoms with Crippen LogP contribution >= 0.6 is 15.9 Å². The van der Waals surface area contributed by atoms with E-state index in [0.29, 0.717) is 17.1 Å². The highest BCUT2D eigenvalue weighted by Crippen LogP contribution is 2.27. The van der Waals surface area contributed by atoms with Crippen LogP contribution in [0.4, 0.5) is 5.69 Å². The summed E-state index contributed by atoms with van der Waals surface area (Å²) in [6, 6.07) is 7.26. The van der Waals surface area contributed by atoms with E-state index in [1.807, 2.05) is 18.2 Å². The van der Waals surface area contributed by atoms with Crippen LogP contribution in [0.5, 0.6) is 0 Å². The summed E-state index contributed by atoms with van der Waals surface area (Å²) in [5, 5.41) is 3.55. The number of hydrogen-bond acceptors (Lipinski definition) is 4. The van der Waals surface area contributed by atoms with E-state index in [1.54, 1.807) is 25.4 Å². The van der Waals surface area contributed by atoms with Crippen molar-refractivity contribution in [2.24, 2.45) is 0 Å². The summed E-state index contributed by atoms with van der Waals surface area (Å²) in [6.45, 7) is 1.78. The Morgan fingerprint density at radius 3 is 2.75 bits per heavy atom. The van der Waals surface area contributed by atoms with Gasteiger partial charge < -0.3 is 9.73 Å². The summed E-state index contributed by atoms with van der Waals surface area (Å²) in [4.78, 5) is 20.1. The molecule has 1 N–H and O–H groups in total. The molecule has 5 nitrogen and oxygen atoms in total. The van der Waals surface area contributed by atoms with Gasteiger partial charge in [0.25, 0.3) is 5.91 Å². The van der Waals surface area contributed by atoms with Crippen molar-refractivity contribution in [2.75, 3.05) is 5.32 Å². The van der Waals surface area contributed by atoms with E-state index in [2.05, 4.69) is 31.2 Å². The molecule has 1 amide bonds. The lowest BCUT2D eigenvalue weighted by molar-refractivity contribution is 0.0998. The zero-order valence-electron chi connectivity index (χ0n) is 10.6. The summed E-state index contributed by atoms with van der Waals surface area (Å²) in [6.07, 6.45) is 3.11. The SMILES string of the molecule is Cc1ncc(NC(=O)c2cc3c(Br)cccc3o2)cn1. The number of aromatic nitrogens is 2. The maximum atomic E-state index is 12.1. The van der Waals surface area contributed by atoms with Crippen LogP contribution < -0.4 is 5.32 Å². The number of nitrogens with one attached hydrogen (secondary N) is 1. The van der Waals surface area contributed by atoms with Crippen molar-refractivity contribution in [2.45, 2.75) is 6.92 Å². The van der Waals surface area contributed by atoms with Crippen LogP contribution in [0.1, 0.15) is 16.4 Å². The first-order valence-electron chi connectivity index (χ1n) is 5.91. The summed E-state index contributed by atoms with van der Waals surface area (Å²) in [5.41, 5.74) is 1.19. The van der Waals surface area contributed by atoms with Crippen LogP contribution in [-0.4, -0.2) is 15.9 Å². The summed E-state index contributed by atoms with van der Waals surface area (Å²) in [7, 11) is 0. The number of halogens is 1. The lowest BCUT2D eigenvalue weighted by Crippen LogP contribution is -2.11. The standard InChI is InChI=1S/C14H10BrN3O2/c1-8-16-6-9(7-17-8)18-14(19)13-5-10-11(15)3-2-4-12(10)20-13/h2-7H,1H3,(H,18,19). The quantitative estimate of drug-likeness (QED) is 0.779. The minimum absolute atomic E-state index is 0.243. The highest BCUT2D eigenvalue weighted by Gasteiger charge is 2.14. The Bertz CT molecular complexity index is 781. The molecule has 0 atom stereocenters. The smallest absolute Gasteiger partial charge is 0.291 e. The number of rotatable bonds is 2. The van der Waals surface area contributed by atoms with Crippen molar-refractivity contribution >= 4 is 38.5 Å². The molecule has 2 aromatic heterocycles. The fraction of sp³-hybridized carbons (Fsp3) is 0.0714. The average molecular weight is 332 g/mol. The van der Waals surface area contributed by atoms with Crippen LogP contribution in [0, 0.1) is 6.92 Å². The molecule has 2 heterocycles. The highest BCUT2D eigenvalue weighted by molar-refractivity contribution is 9.10. The Morgan fingerprint density at radius 1 is 1.30 bits per heavy atom. The molecule has 0 spiro atoms. The first-order chi connectivity index (χ1) is 9.63. The van der Waals surface area contributed by atoms with Gasteiger partial charge in [0.15, 0.2) is 5.76 Å². The third-order valence-corrected chi connectivity index (χ3v) is 3.46. The molecule has 0 aliphatic heterocycles. The second-order valence-corrected chi connectivity index (χ2v) is 5.09. The predicted octanol–water partition coefficient (Wildman–Crippen LogP) is 3.55. The van der Waals surface area contributed by atoms with Gasteiger partial charge >= 0.3 is 0 Å². The number of aryl methyl sites for hydroxylation is 1. The minimum atomic E-state index is -0.333. The molecule has 0 unspecified atom stereocenters. The molecule has 20 heavy (non-hydrogen) atoms. The molecule has 0 fully saturated rings. The zero-order chi connectivity index (χ0) is 14.1. The van der Waals surface area contributed by atoms with Crippen molar-refractivity contribution in [3.63, 3.8) is 0 Å². The zero-order valence-corrected chi connectivity index (χ0v) is 12.1. The van der Waals surface area contributed by atoms with Crippen LogP contribution in [0.2, 0.25) is 0 Å². The Balaban J connectivity index is 1.89. The first-order valence-corrected chi connectivity index (χ1v) is 6.71. The third kappa shape index (κ3) is 2.42. The van der Waals surface area contributed by atoms with Gasteiger partial charge in [0.2, 0.25) is 0 Å². The average Bonchev–Trinajstić information content (AvgIpc) is 2.87. The van der Waals surface area contributed by atoms with Gasteiger partial charge in [-0.15, -0.1) is 0 Å². The molecule has 3 aromatic rings. The first kappa shape index (κ1) is 12.8. The fourth-order valence-corrected chi connectivity index (χ4v) is 2.25. The van der Waals surface area contributed by atoms with E-state index in [0.717, 1.165) is 9.86 Å². The van der Waals surface area contributed by atoms with E-state index < -0.39 is 0 Å². The van der Waals surface area contributed by atoms with E-state index in [1.165, 1.54) is 0 Å². The number of fused-ring (bicyclic) bond motifs is 1. The number of furan rings is 1. The molecular formula is C14H10BrN3O2. The Labute approximate surface area is 123 Å². The van der Waals surface area contributed by atoms with Crippen molar-refractivity contribution in [3.8, 4) is 0 Å². The molecule has 0 radical (unpaired) electrons. The van der Waals surface area contributed by atoms with Gasteiger partial charge in [-0.25, -0.2) is 9.97 Å². The highest BCUT2D eigenvalue weighted by atomic mass is 79.9. The molecule has 6 heteroatoms. The fourth-order valence-electron chi connectivity index (χ4n) is 1.79. The minimum Gasteiger partial charge on any atom is -0.451 e. The number of amides is 1. The van der Waals surface area contributed by atoms with Crippen LogP contribution in [0.15, 0.2) is 45.5 Å². The topological polar surface area (TPSA) is 68.0 Å². The van der Waals surface area contributed by atoms with Gasteiger partial charge in [-0.1, -0.05) is 22.0 Å². The molecule has 0 saturated carbocycles. The molecule has 0 bridgehead atoms. The molecule has 100 valence electrons. The maximum Gasteiger partial charge on any atom is 0.291 e. The van der Waals surface area contributed by atoms with Gasteiger partial charge in [-0.2, -0.15) is 0 Å². The number of carbonyl (C=O) groups excluding carboxylic acids is 1. The number of nitrogens with zero attached hydrogens (tertiary/aromatic N) is 2. The Hall–Kier alpha value is -2.21. The molecule has 0 saturated heterocycles. The van der Waals surface area contributed by atoms with Crippen molar-refractivity contribution in [3.05, 3.63) is 52.7 Å². The van der Waals surface area contributed by atoms with E-state index in [-0.39, 0.29) is 11.7 Å². The Kier molecular flexibility index (Phi) is 3.23. The summed E-state index contributed by atoms with van der Waals surface area (Å²) < 4.78 is 6.41. The van der Waals surface area contributed by atoms with Crippen molar-refractivity contribution < 1.29 is 9.21 Å². The van der Waals surface area contributed by atoms with Crippen LogP contribution in [-0.2, 0) is 0 Å². The predicted molar refractivity (Wildman–Crippen MR) is 78.6 cm³/mol. The molecule has 1 aromatic carbocycles. The number of hydrogen-bond donors (Lipinski definition) is 1. The number of carbonyl (C=O) groups is 1. The molecular weight excluding hydrogens is 322 g/mol. The van der Waals surface area contributed by atoms with Crippen LogP contribution in [0.25, 0.3) is 11.0 Å². The van der Waals surface area contributed by atoms with Gasteiger partial charge in [0.05, 0.1) is 18.1 Å². The molecule has 0 aliphatic rings. The van der Waals surface area contributed by atoms with Gasteiger partial charge in [0, 0.05) is 9.86 Å². The van der Waals surface area contributed by atoms with E-state index in [4.69, 9.17) is 4.42 Å². The summed E-state index contributed by atoms with van der Waals surface area (Å²) in [5.74, 6) is 0.559. The number of benzene rings is 1. The van der Waals surface area contributed by atoms with E-state index in [9.17, 15) is 4.79 Å². The van der Waals surface area contributed by atoms with Crippen molar-refractivity contribution in [1.82, 2.24) is 9.97 Å². The normalized spacial score (nSPS) is 10.7. The largest absolute Gasteiger partial charge is 0.451 e. The second-order valence-electron chi connectivity index (χ2n) is 4.24. The third-order valence-electron chi connectivity index (χ3n) is 2.77. The molecule has 0 aliphatic carbocycles. The monoisotopic (exact) mass is 331 g/mol. The van der Waals surface area contributed by atoms with Gasteiger partial charge in [-0.3, -0.25) is 4.79 Å². The van der Waals surface area contributed by atoms with Gasteiger partial charge in [0.1, 0.15) is 11.4 Å². The summed E-state index contributed by atoms with van der Waals surface area (Å²) >= 11 is 3.42. The maximum absolute atomic E-state index is 12.1.